The van der Waals surface area contributed by atoms with E-state index in [0.29, 0.717) is 25.1 Å². The Hall–Kier alpha value is -0.610. The number of hydrogen-bond donors (Lipinski definition) is 1. The fourth-order valence-corrected chi connectivity index (χ4v) is 1.39. The van der Waals surface area contributed by atoms with Crippen molar-refractivity contribution in [2.45, 2.75) is 40.2 Å². The molecule has 0 aliphatic carbocycles. The standard InChI is InChI=1S/C12H25NO3/c1-5-11(4)13(8-12(14)15)6-7-16-9-10(2)3/h10-11H,5-9H2,1-4H3,(H,14,15). The number of rotatable bonds is 9. The first-order valence-corrected chi connectivity index (χ1v) is 6.00. The van der Waals surface area contributed by atoms with Crippen molar-refractivity contribution >= 4 is 5.97 Å². The summed E-state index contributed by atoms with van der Waals surface area (Å²) >= 11 is 0. The van der Waals surface area contributed by atoms with Gasteiger partial charge < -0.3 is 9.84 Å². The minimum Gasteiger partial charge on any atom is -0.480 e. The summed E-state index contributed by atoms with van der Waals surface area (Å²) in [6.07, 6.45) is 0.956. The monoisotopic (exact) mass is 231 g/mol. The van der Waals surface area contributed by atoms with Crippen molar-refractivity contribution in [3.63, 3.8) is 0 Å². The summed E-state index contributed by atoms with van der Waals surface area (Å²) in [7, 11) is 0. The number of hydrogen-bond acceptors (Lipinski definition) is 3. The van der Waals surface area contributed by atoms with Crippen LogP contribution in [0.15, 0.2) is 0 Å². The van der Waals surface area contributed by atoms with Gasteiger partial charge in [0.15, 0.2) is 0 Å². The predicted molar refractivity (Wildman–Crippen MR) is 64.6 cm³/mol. The average molecular weight is 231 g/mol. The fraction of sp³-hybridized carbons (Fsp3) is 0.917. The summed E-state index contributed by atoms with van der Waals surface area (Å²) < 4.78 is 5.47. The molecule has 0 aromatic rings. The van der Waals surface area contributed by atoms with Gasteiger partial charge in [0.05, 0.1) is 13.2 Å². The van der Waals surface area contributed by atoms with Gasteiger partial charge in [-0.2, -0.15) is 0 Å². The van der Waals surface area contributed by atoms with Crippen LogP contribution in [0.5, 0.6) is 0 Å². The Morgan fingerprint density at radius 3 is 2.44 bits per heavy atom. The molecule has 1 N–H and O–H groups in total. The number of carbonyl (C=O) groups is 1. The fourth-order valence-electron chi connectivity index (χ4n) is 1.39. The first kappa shape index (κ1) is 15.4. The Morgan fingerprint density at radius 1 is 1.38 bits per heavy atom. The predicted octanol–water partition coefficient (Wildman–Crippen LogP) is 1.84. The van der Waals surface area contributed by atoms with E-state index in [0.717, 1.165) is 13.0 Å². The van der Waals surface area contributed by atoms with E-state index in [1.54, 1.807) is 0 Å². The van der Waals surface area contributed by atoms with Crippen LogP contribution in [-0.4, -0.2) is 48.3 Å². The number of carboxylic acids is 1. The van der Waals surface area contributed by atoms with Crippen LogP contribution in [0.25, 0.3) is 0 Å². The highest BCUT2D eigenvalue weighted by molar-refractivity contribution is 5.69. The van der Waals surface area contributed by atoms with Crippen molar-refractivity contribution in [1.82, 2.24) is 4.90 Å². The van der Waals surface area contributed by atoms with Gasteiger partial charge in [0.2, 0.25) is 0 Å². The van der Waals surface area contributed by atoms with Gasteiger partial charge in [-0.1, -0.05) is 20.8 Å². The topological polar surface area (TPSA) is 49.8 Å². The summed E-state index contributed by atoms with van der Waals surface area (Å²) in [5, 5.41) is 8.79. The maximum Gasteiger partial charge on any atom is 0.317 e. The molecule has 1 unspecified atom stereocenters. The minimum atomic E-state index is -0.774. The highest BCUT2D eigenvalue weighted by Crippen LogP contribution is 2.03. The van der Waals surface area contributed by atoms with Crippen molar-refractivity contribution in [1.29, 1.82) is 0 Å². The molecule has 4 nitrogen and oxygen atoms in total. The van der Waals surface area contributed by atoms with Gasteiger partial charge in [0, 0.05) is 19.2 Å². The number of aliphatic carboxylic acids is 1. The van der Waals surface area contributed by atoms with Crippen molar-refractivity contribution < 1.29 is 14.6 Å². The van der Waals surface area contributed by atoms with Crippen LogP contribution in [0.1, 0.15) is 34.1 Å². The van der Waals surface area contributed by atoms with Crippen LogP contribution in [0.2, 0.25) is 0 Å². The number of ether oxygens (including phenoxy) is 1. The zero-order chi connectivity index (χ0) is 12.6. The van der Waals surface area contributed by atoms with Crippen LogP contribution in [0.3, 0.4) is 0 Å². The summed E-state index contributed by atoms with van der Waals surface area (Å²) in [6.45, 7) is 10.4. The molecule has 0 aromatic heterocycles. The first-order chi connectivity index (χ1) is 7.47. The summed E-state index contributed by atoms with van der Waals surface area (Å²) in [4.78, 5) is 12.6. The first-order valence-electron chi connectivity index (χ1n) is 6.00. The zero-order valence-corrected chi connectivity index (χ0v) is 10.9. The maximum atomic E-state index is 10.7. The van der Waals surface area contributed by atoms with Crippen LogP contribution in [0.4, 0.5) is 0 Å². The van der Waals surface area contributed by atoms with Crippen LogP contribution in [-0.2, 0) is 9.53 Å². The Kier molecular flexibility index (Phi) is 8.21. The van der Waals surface area contributed by atoms with Gasteiger partial charge in [-0.25, -0.2) is 0 Å². The third kappa shape index (κ3) is 7.65. The second-order valence-electron chi connectivity index (χ2n) is 4.59. The van der Waals surface area contributed by atoms with Gasteiger partial charge in [0.25, 0.3) is 0 Å². The molecular weight excluding hydrogens is 206 g/mol. The molecule has 96 valence electrons. The lowest BCUT2D eigenvalue weighted by Gasteiger charge is -2.26. The van der Waals surface area contributed by atoms with E-state index >= 15 is 0 Å². The van der Waals surface area contributed by atoms with Gasteiger partial charge in [-0.05, 0) is 19.3 Å². The van der Waals surface area contributed by atoms with E-state index in [1.165, 1.54) is 0 Å². The summed E-state index contributed by atoms with van der Waals surface area (Å²) in [5.41, 5.74) is 0. The van der Waals surface area contributed by atoms with Crippen molar-refractivity contribution in [2.24, 2.45) is 5.92 Å². The Morgan fingerprint density at radius 2 is 2.00 bits per heavy atom. The molecule has 0 saturated heterocycles. The molecular formula is C12H25NO3. The normalized spacial score (nSPS) is 13.4. The molecule has 0 rings (SSSR count). The van der Waals surface area contributed by atoms with Gasteiger partial charge in [-0.3, -0.25) is 9.69 Å². The highest BCUT2D eigenvalue weighted by atomic mass is 16.5. The summed E-state index contributed by atoms with van der Waals surface area (Å²) in [5.74, 6) is -0.249. The largest absolute Gasteiger partial charge is 0.480 e. The molecule has 0 aliphatic rings. The molecule has 0 aliphatic heterocycles. The number of nitrogens with zero attached hydrogens (tertiary/aromatic N) is 1. The van der Waals surface area contributed by atoms with E-state index in [2.05, 4.69) is 20.8 Å². The lowest BCUT2D eigenvalue weighted by molar-refractivity contribution is -0.139. The lowest BCUT2D eigenvalue weighted by atomic mass is 10.2. The SMILES string of the molecule is CCC(C)N(CCOCC(C)C)CC(=O)O. The van der Waals surface area contributed by atoms with E-state index in [1.807, 2.05) is 11.8 Å². The molecule has 0 bridgehead atoms. The Bertz CT molecular complexity index is 195. The third-order valence-corrected chi connectivity index (χ3v) is 2.53. The molecule has 0 amide bonds. The number of carboxylic acid groups (broad SMARTS) is 1. The molecule has 1 atom stereocenters. The molecule has 0 radical (unpaired) electrons. The maximum absolute atomic E-state index is 10.7. The van der Waals surface area contributed by atoms with Crippen molar-refractivity contribution in [2.75, 3.05) is 26.3 Å². The lowest BCUT2D eigenvalue weighted by Crippen LogP contribution is -2.39. The van der Waals surface area contributed by atoms with Crippen LogP contribution in [0, 0.1) is 5.92 Å². The molecule has 0 spiro atoms. The van der Waals surface area contributed by atoms with Gasteiger partial charge in [0.1, 0.15) is 0 Å². The molecule has 4 heteroatoms. The minimum absolute atomic E-state index is 0.0973. The van der Waals surface area contributed by atoms with E-state index in [9.17, 15) is 4.79 Å². The van der Waals surface area contributed by atoms with Crippen molar-refractivity contribution in [3.05, 3.63) is 0 Å². The van der Waals surface area contributed by atoms with E-state index < -0.39 is 5.97 Å². The van der Waals surface area contributed by atoms with Crippen molar-refractivity contribution in [3.8, 4) is 0 Å². The second kappa shape index (κ2) is 8.53. The molecule has 0 aromatic carbocycles. The Balaban J connectivity index is 3.87. The Labute approximate surface area is 98.6 Å². The third-order valence-electron chi connectivity index (χ3n) is 2.53. The molecule has 0 heterocycles. The quantitative estimate of drug-likeness (QED) is 0.615. The van der Waals surface area contributed by atoms with E-state index in [-0.39, 0.29) is 6.54 Å². The van der Waals surface area contributed by atoms with E-state index in [4.69, 9.17) is 9.84 Å². The molecule has 16 heavy (non-hydrogen) atoms. The second-order valence-corrected chi connectivity index (χ2v) is 4.59. The average Bonchev–Trinajstić information content (AvgIpc) is 2.20. The molecule has 0 saturated carbocycles. The highest BCUT2D eigenvalue weighted by Gasteiger charge is 2.14. The van der Waals surface area contributed by atoms with Gasteiger partial charge >= 0.3 is 5.97 Å². The zero-order valence-electron chi connectivity index (χ0n) is 10.9. The van der Waals surface area contributed by atoms with Gasteiger partial charge in [-0.15, -0.1) is 0 Å². The summed E-state index contributed by atoms with van der Waals surface area (Å²) in [6, 6.07) is 0.291. The smallest absolute Gasteiger partial charge is 0.317 e. The van der Waals surface area contributed by atoms with Crippen LogP contribution >= 0.6 is 0 Å². The molecule has 0 fully saturated rings. The van der Waals surface area contributed by atoms with Crippen LogP contribution < -0.4 is 0 Å².